The number of aromatic nitrogens is 1. The molecule has 1 aromatic carbocycles. The van der Waals surface area contributed by atoms with Crippen molar-refractivity contribution in [2.24, 2.45) is 0 Å². The molecule has 25 heavy (non-hydrogen) atoms. The number of rotatable bonds is 7. The van der Waals surface area contributed by atoms with Crippen molar-refractivity contribution < 1.29 is 27.3 Å². The van der Waals surface area contributed by atoms with Gasteiger partial charge in [0.2, 0.25) is 10.0 Å². The van der Waals surface area contributed by atoms with Crippen molar-refractivity contribution in [1.82, 2.24) is 9.71 Å². The van der Waals surface area contributed by atoms with Crippen LogP contribution in [0.5, 0.6) is 5.75 Å². The summed E-state index contributed by atoms with van der Waals surface area (Å²) < 4.78 is 42.6. The van der Waals surface area contributed by atoms with E-state index in [-0.39, 0.29) is 45.9 Å². The molecule has 0 bridgehead atoms. The first-order chi connectivity index (χ1) is 11.2. The first kappa shape index (κ1) is 21.7. The van der Waals surface area contributed by atoms with Gasteiger partial charge >= 0.3 is 37.2 Å². The van der Waals surface area contributed by atoms with E-state index in [1.165, 1.54) is 18.3 Å². The maximum absolute atomic E-state index is 11.9. The molecule has 0 radical (unpaired) electrons. The number of sulfonamides is 1. The zero-order valence-corrected chi connectivity index (χ0v) is 13.7. The Bertz CT molecular complexity index is 877. The Morgan fingerprint density at radius 2 is 1.92 bits per heavy atom. The van der Waals surface area contributed by atoms with Gasteiger partial charge in [-0.05, 0) is 24.3 Å². The third-order valence-electron chi connectivity index (χ3n) is 2.69. The third kappa shape index (κ3) is 6.48. The predicted octanol–water partition coefficient (Wildman–Crippen LogP) is 0.841. The summed E-state index contributed by atoms with van der Waals surface area (Å²) in [5.74, 6) is -0.105. The van der Waals surface area contributed by atoms with Gasteiger partial charge in [-0.15, -0.1) is 0 Å². The van der Waals surface area contributed by atoms with E-state index in [2.05, 4.69) is 4.98 Å². The number of nitrogens with zero attached hydrogens (tertiary/aromatic N) is 2. The fourth-order valence-electron chi connectivity index (χ4n) is 1.58. The molecule has 0 saturated heterocycles. The Morgan fingerprint density at radius 3 is 2.44 bits per heavy atom. The van der Waals surface area contributed by atoms with Crippen molar-refractivity contribution in [3.63, 3.8) is 0 Å². The Morgan fingerprint density at radius 1 is 1.28 bits per heavy atom. The molecule has 0 aliphatic heterocycles. The first-order valence-electron chi connectivity index (χ1n) is 6.35. The topological polar surface area (TPSA) is 149 Å². The van der Waals surface area contributed by atoms with E-state index in [9.17, 15) is 28.0 Å². The van der Waals surface area contributed by atoms with Crippen molar-refractivity contribution in [1.29, 1.82) is 0 Å². The fraction of sp³-hybridized carbons (Fsp3) is 0.0833. The fourth-order valence-corrected chi connectivity index (χ4v) is 4.05. The number of nitro groups is 1. The molecular formula is C12H13N3NaO7PS. The van der Waals surface area contributed by atoms with Gasteiger partial charge in [0.15, 0.2) is 0 Å². The van der Waals surface area contributed by atoms with Crippen LogP contribution in [0.2, 0.25) is 0 Å². The van der Waals surface area contributed by atoms with Gasteiger partial charge in [0.1, 0.15) is 16.9 Å². The SMILES string of the molecule is O=[N+]([O-])c1ccc(OP(=O)(O)CNS(=O)(=O)c2cccnc2)cc1.[NaH]. The number of non-ortho nitro benzene ring substituents is 1. The standard InChI is InChI=1S/C12H12N3O7PS.Na.H/c16-15(17)10-3-5-11(6-4-10)22-23(18,19)9-14-24(20,21)12-2-1-7-13-8-12;;/h1-8,14H,9H2,(H,18,19);;. The zero-order chi connectivity index (χ0) is 17.8. The molecule has 1 aromatic heterocycles. The first-order valence-corrected chi connectivity index (χ1v) is 9.60. The molecule has 13 heteroatoms. The number of pyridine rings is 1. The minimum absolute atomic E-state index is 0. The molecular weight excluding hydrogens is 384 g/mol. The van der Waals surface area contributed by atoms with Crippen LogP contribution in [0.4, 0.5) is 5.69 Å². The van der Waals surface area contributed by atoms with Crippen molar-refractivity contribution >= 4 is 52.9 Å². The normalized spacial score (nSPS) is 13.3. The summed E-state index contributed by atoms with van der Waals surface area (Å²) in [6.45, 7) is 0. The van der Waals surface area contributed by atoms with E-state index in [4.69, 9.17) is 4.52 Å². The van der Waals surface area contributed by atoms with Crippen LogP contribution in [0.25, 0.3) is 0 Å². The van der Waals surface area contributed by atoms with E-state index < -0.39 is 28.8 Å². The van der Waals surface area contributed by atoms with Crippen molar-refractivity contribution in [3.05, 3.63) is 58.9 Å². The molecule has 0 aliphatic carbocycles. The second kappa shape index (κ2) is 8.86. The van der Waals surface area contributed by atoms with Gasteiger partial charge < -0.3 is 9.42 Å². The van der Waals surface area contributed by atoms with Crippen molar-refractivity contribution in [2.75, 3.05) is 6.29 Å². The maximum atomic E-state index is 11.9. The molecule has 2 aromatic rings. The third-order valence-corrected chi connectivity index (χ3v) is 5.35. The monoisotopic (exact) mass is 397 g/mol. The van der Waals surface area contributed by atoms with Crippen molar-refractivity contribution in [2.45, 2.75) is 4.90 Å². The van der Waals surface area contributed by atoms with Gasteiger partial charge in [0.05, 0.1) is 4.92 Å². The van der Waals surface area contributed by atoms with E-state index >= 15 is 0 Å². The molecule has 0 saturated carbocycles. The second-order valence-electron chi connectivity index (χ2n) is 4.47. The van der Waals surface area contributed by atoms with E-state index in [1.807, 2.05) is 4.72 Å². The van der Waals surface area contributed by atoms with Crippen LogP contribution in [0, 0.1) is 10.1 Å². The number of hydrogen-bond donors (Lipinski definition) is 2. The second-order valence-corrected chi connectivity index (χ2v) is 8.02. The molecule has 130 valence electrons. The van der Waals surface area contributed by atoms with Crippen LogP contribution < -0.4 is 9.25 Å². The number of nitro benzene ring substituents is 1. The summed E-state index contributed by atoms with van der Waals surface area (Å²) in [5, 5.41) is 10.5. The molecule has 1 unspecified atom stereocenters. The molecule has 0 amide bonds. The van der Waals surface area contributed by atoms with Gasteiger partial charge in [-0.1, -0.05) is 0 Å². The summed E-state index contributed by atoms with van der Waals surface area (Å²) in [6.07, 6.45) is 1.59. The Labute approximate surface area is 165 Å². The molecule has 0 spiro atoms. The van der Waals surface area contributed by atoms with E-state index in [1.54, 1.807) is 0 Å². The minimum atomic E-state index is -4.35. The molecule has 2 rings (SSSR count). The molecule has 0 aliphatic rings. The summed E-state index contributed by atoms with van der Waals surface area (Å²) >= 11 is 0. The van der Waals surface area contributed by atoms with Crippen LogP contribution in [0.15, 0.2) is 53.7 Å². The Balaban J connectivity index is 0.00000312. The van der Waals surface area contributed by atoms with E-state index in [0.717, 1.165) is 30.5 Å². The number of hydrogen-bond acceptors (Lipinski definition) is 7. The van der Waals surface area contributed by atoms with Crippen LogP contribution in [0.1, 0.15) is 0 Å². The molecule has 10 nitrogen and oxygen atoms in total. The Hall–Kier alpha value is -1.33. The average molecular weight is 397 g/mol. The molecule has 0 fully saturated rings. The van der Waals surface area contributed by atoms with Crippen LogP contribution in [-0.2, 0) is 14.6 Å². The van der Waals surface area contributed by atoms with Gasteiger partial charge in [0, 0.05) is 24.5 Å². The van der Waals surface area contributed by atoms with Crippen LogP contribution in [-0.4, -0.2) is 59.1 Å². The van der Waals surface area contributed by atoms with Gasteiger partial charge in [-0.25, -0.2) is 13.0 Å². The predicted molar refractivity (Wildman–Crippen MR) is 90.1 cm³/mol. The quantitative estimate of drug-likeness (QED) is 0.302. The van der Waals surface area contributed by atoms with Gasteiger partial charge in [-0.2, -0.15) is 4.72 Å². The summed E-state index contributed by atoms with van der Waals surface area (Å²) in [5.41, 5.74) is -0.215. The molecule has 1 heterocycles. The number of benzene rings is 1. The molecule has 2 N–H and O–H groups in total. The van der Waals surface area contributed by atoms with Crippen LogP contribution in [0.3, 0.4) is 0 Å². The van der Waals surface area contributed by atoms with E-state index in [0.29, 0.717) is 0 Å². The van der Waals surface area contributed by atoms with Gasteiger partial charge in [-0.3, -0.25) is 15.1 Å². The van der Waals surface area contributed by atoms with Crippen molar-refractivity contribution in [3.8, 4) is 5.75 Å². The zero-order valence-electron chi connectivity index (χ0n) is 12.0. The van der Waals surface area contributed by atoms with Gasteiger partial charge in [0.25, 0.3) is 5.69 Å². The Kier molecular flexibility index (Phi) is 7.69. The summed E-state index contributed by atoms with van der Waals surface area (Å²) in [4.78, 5) is 23.1. The summed E-state index contributed by atoms with van der Waals surface area (Å²) in [7, 11) is -8.37. The number of nitrogens with one attached hydrogen (secondary N) is 1. The molecule has 1 atom stereocenters. The average Bonchev–Trinajstić information content (AvgIpc) is 2.54. The summed E-state index contributed by atoms with van der Waals surface area (Å²) in [6, 6.07) is 7.13. The van der Waals surface area contributed by atoms with Crippen LogP contribution >= 0.6 is 7.60 Å².